The zero-order valence-electron chi connectivity index (χ0n) is 22.7. The second kappa shape index (κ2) is 12.0. The molecule has 2 aromatic rings. The van der Waals surface area contributed by atoms with Crippen LogP contribution in [0.5, 0.6) is 5.75 Å². The molecule has 0 radical (unpaired) electrons. The number of aromatic nitrogens is 2. The molecule has 216 valence electrons. The predicted octanol–water partition coefficient (Wildman–Crippen LogP) is 4.78. The van der Waals surface area contributed by atoms with E-state index in [0.29, 0.717) is 49.7 Å². The first-order chi connectivity index (χ1) is 18.4. The lowest BCUT2D eigenvalue weighted by Gasteiger charge is -2.33. The van der Waals surface area contributed by atoms with Gasteiger partial charge in [-0.1, -0.05) is 0 Å². The van der Waals surface area contributed by atoms with Gasteiger partial charge in [0.05, 0.1) is 23.1 Å². The number of piperidine rings is 1. The standard InChI is InChI=1S/C27H37F3N4O5/c1-26(2,3)39-25(36)33-11-8-18(9-12-33)14-34-15-21-22(32-34)7-6-20(23(21)38-17-27(28,29)30)24(35)31-10-13-37-16-19-4-5-19/h6-7,15,18-19H,4-5,8-14,16-17H2,1-3H3,(H,31,35). The fourth-order valence-corrected chi connectivity index (χ4v) is 4.45. The summed E-state index contributed by atoms with van der Waals surface area (Å²) in [6, 6.07) is 3.04. The molecule has 2 fully saturated rings. The molecule has 1 aliphatic carbocycles. The lowest BCUT2D eigenvalue weighted by Crippen LogP contribution is -2.42. The van der Waals surface area contributed by atoms with Crippen molar-refractivity contribution in [2.45, 2.75) is 64.8 Å². The second-order valence-electron chi connectivity index (χ2n) is 11.3. The molecule has 2 aliphatic rings. The first kappa shape index (κ1) is 29.0. The van der Waals surface area contributed by atoms with Crippen LogP contribution >= 0.6 is 0 Å². The quantitative estimate of drug-likeness (QED) is 0.425. The number of fused-ring (bicyclic) bond motifs is 1. The number of halogens is 3. The molecule has 9 nitrogen and oxygen atoms in total. The fourth-order valence-electron chi connectivity index (χ4n) is 4.45. The van der Waals surface area contributed by atoms with Gasteiger partial charge in [0.25, 0.3) is 5.91 Å². The number of carbonyl (C=O) groups excluding carboxylic acids is 2. The van der Waals surface area contributed by atoms with Crippen LogP contribution in [0.15, 0.2) is 18.3 Å². The Morgan fingerprint density at radius 3 is 2.44 bits per heavy atom. The summed E-state index contributed by atoms with van der Waals surface area (Å²) in [4.78, 5) is 26.9. The molecule has 0 spiro atoms. The van der Waals surface area contributed by atoms with Gasteiger partial charge in [-0.2, -0.15) is 18.3 Å². The normalized spacial score (nSPS) is 16.9. The highest BCUT2D eigenvalue weighted by Gasteiger charge is 2.31. The molecule has 0 atom stereocenters. The van der Waals surface area contributed by atoms with Crippen molar-refractivity contribution in [1.82, 2.24) is 20.0 Å². The van der Waals surface area contributed by atoms with Crippen molar-refractivity contribution in [1.29, 1.82) is 0 Å². The summed E-state index contributed by atoms with van der Waals surface area (Å²) in [5.74, 6) is 0.133. The van der Waals surface area contributed by atoms with Crippen LogP contribution in [0.1, 0.15) is 56.8 Å². The first-order valence-electron chi connectivity index (χ1n) is 13.4. The van der Waals surface area contributed by atoms with Crippen LogP contribution in [0, 0.1) is 11.8 Å². The summed E-state index contributed by atoms with van der Waals surface area (Å²) in [5.41, 5.74) is -0.115. The van der Waals surface area contributed by atoms with Crippen molar-refractivity contribution in [3.63, 3.8) is 0 Å². The summed E-state index contributed by atoms with van der Waals surface area (Å²) in [6.07, 6.45) is 0.516. The summed E-state index contributed by atoms with van der Waals surface area (Å²) in [7, 11) is 0. The van der Waals surface area contributed by atoms with Crippen molar-refractivity contribution >= 4 is 22.9 Å². The number of alkyl halides is 3. The van der Waals surface area contributed by atoms with E-state index in [1.54, 1.807) is 21.8 Å². The monoisotopic (exact) mass is 554 g/mol. The van der Waals surface area contributed by atoms with Gasteiger partial charge in [0.2, 0.25) is 0 Å². The summed E-state index contributed by atoms with van der Waals surface area (Å²) in [6.45, 7) is 6.80. The number of likely N-dealkylation sites (tertiary alicyclic amines) is 1. The van der Waals surface area contributed by atoms with E-state index in [2.05, 4.69) is 10.4 Å². The maximum Gasteiger partial charge on any atom is 0.422 e. The van der Waals surface area contributed by atoms with E-state index in [0.717, 1.165) is 25.7 Å². The summed E-state index contributed by atoms with van der Waals surface area (Å²) >= 11 is 0. The van der Waals surface area contributed by atoms with E-state index >= 15 is 0 Å². The van der Waals surface area contributed by atoms with Crippen molar-refractivity contribution in [3.05, 3.63) is 23.9 Å². The summed E-state index contributed by atoms with van der Waals surface area (Å²) < 4.78 is 56.9. The van der Waals surface area contributed by atoms with Crippen LogP contribution in [-0.2, 0) is 16.0 Å². The van der Waals surface area contributed by atoms with Gasteiger partial charge in [-0.3, -0.25) is 9.48 Å². The third-order valence-corrected chi connectivity index (χ3v) is 6.61. The Hall–Kier alpha value is -3.02. The number of nitrogens with one attached hydrogen (secondary N) is 1. The maximum atomic E-state index is 13.0. The van der Waals surface area contributed by atoms with Crippen LogP contribution in [0.2, 0.25) is 0 Å². The Balaban J connectivity index is 1.41. The SMILES string of the molecule is CC(C)(C)OC(=O)N1CCC(Cn2cc3c(OCC(F)(F)F)c(C(=O)NCCOCC4CC4)ccc3n2)CC1. The van der Waals surface area contributed by atoms with E-state index in [1.807, 2.05) is 20.8 Å². The van der Waals surface area contributed by atoms with Crippen molar-refractivity contribution in [3.8, 4) is 5.75 Å². The van der Waals surface area contributed by atoms with Gasteiger partial charge in [-0.05, 0) is 70.4 Å². The van der Waals surface area contributed by atoms with Crippen molar-refractivity contribution in [2.24, 2.45) is 11.8 Å². The molecule has 39 heavy (non-hydrogen) atoms. The van der Waals surface area contributed by atoms with E-state index in [9.17, 15) is 22.8 Å². The van der Waals surface area contributed by atoms with Gasteiger partial charge in [0.15, 0.2) is 6.61 Å². The van der Waals surface area contributed by atoms with Crippen LogP contribution in [-0.4, -0.2) is 77.9 Å². The van der Waals surface area contributed by atoms with E-state index in [-0.39, 0.29) is 29.9 Å². The average Bonchev–Trinajstić information content (AvgIpc) is 3.58. The topological polar surface area (TPSA) is 94.9 Å². The minimum atomic E-state index is -4.56. The Bertz CT molecular complexity index is 1150. The third kappa shape index (κ3) is 8.74. The lowest BCUT2D eigenvalue weighted by molar-refractivity contribution is -0.153. The van der Waals surface area contributed by atoms with Crippen LogP contribution < -0.4 is 10.1 Å². The molecule has 2 amide bonds. The number of hydrogen-bond donors (Lipinski definition) is 1. The number of carbonyl (C=O) groups is 2. The van der Waals surface area contributed by atoms with Gasteiger partial charge in [0.1, 0.15) is 11.4 Å². The van der Waals surface area contributed by atoms with Gasteiger partial charge < -0.3 is 24.4 Å². The molecule has 1 aliphatic heterocycles. The number of amides is 2. The third-order valence-electron chi connectivity index (χ3n) is 6.61. The predicted molar refractivity (Wildman–Crippen MR) is 138 cm³/mol. The molecule has 0 bridgehead atoms. The molecular weight excluding hydrogens is 517 g/mol. The zero-order valence-corrected chi connectivity index (χ0v) is 22.7. The maximum absolute atomic E-state index is 13.0. The molecule has 1 aromatic carbocycles. The van der Waals surface area contributed by atoms with E-state index in [1.165, 1.54) is 6.07 Å². The number of ether oxygens (including phenoxy) is 3. The largest absolute Gasteiger partial charge is 0.483 e. The van der Waals surface area contributed by atoms with Crippen molar-refractivity contribution < 1.29 is 37.0 Å². The number of hydrogen-bond acceptors (Lipinski definition) is 6. The fraction of sp³-hybridized carbons (Fsp3) is 0.667. The average molecular weight is 555 g/mol. The molecular formula is C27H37F3N4O5. The van der Waals surface area contributed by atoms with Crippen LogP contribution in [0.3, 0.4) is 0 Å². The van der Waals surface area contributed by atoms with Crippen molar-refractivity contribution in [2.75, 3.05) is 39.5 Å². The number of nitrogens with zero attached hydrogens (tertiary/aromatic N) is 3. The molecule has 1 saturated carbocycles. The Labute approximate surface area is 225 Å². The first-order valence-corrected chi connectivity index (χ1v) is 13.4. The van der Waals surface area contributed by atoms with Gasteiger partial charge in [-0.25, -0.2) is 4.79 Å². The molecule has 1 N–H and O–H groups in total. The van der Waals surface area contributed by atoms with Gasteiger partial charge in [-0.15, -0.1) is 0 Å². The molecule has 4 rings (SSSR count). The number of benzene rings is 1. The Morgan fingerprint density at radius 2 is 1.79 bits per heavy atom. The minimum Gasteiger partial charge on any atom is -0.483 e. The van der Waals surface area contributed by atoms with Gasteiger partial charge >= 0.3 is 12.3 Å². The Morgan fingerprint density at radius 1 is 1.08 bits per heavy atom. The molecule has 1 aromatic heterocycles. The highest BCUT2D eigenvalue weighted by Crippen LogP contribution is 2.32. The number of rotatable bonds is 10. The van der Waals surface area contributed by atoms with Gasteiger partial charge in [0, 0.05) is 39.0 Å². The lowest BCUT2D eigenvalue weighted by atomic mass is 9.97. The van der Waals surface area contributed by atoms with Crippen LogP contribution in [0.4, 0.5) is 18.0 Å². The molecule has 1 saturated heterocycles. The Kier molecular flexibility index (Phi) is 8.93. The van der Waals surface area contributed by atoms with E-state index in [4.69, 9.17) is 14.2 Å². The molecule has 2 heterocycles. The minimum absolute atomic E-state index is 0.0131. The zero-order chi connectivity index (χ0) is 28.2. The molecule has 0 unspecified atom stereocenters. The second-order valence-corrected chi connectivity index (χ2v) is 11.3. The molecule has 12 heteroatoms. The smallest absolute Gasteiger partial charge is 0.422 e. The highest BCUT2D eigenvalue weighted by atomic mass is 19.4. The van der Waals surface area contributed by atoms with E-state index < -0.39 is 24.3 Å². The summed E-state index contributed by atoms with van der Waals surface area (Å²) in [5, 5.41) is 7.56. The van der Waals surface area contributed by atoms with Crippen LogP contribution in [0.25, 0.3) is 10.9 Å². The highest BCUT2D eigenvalue weighted by molar-refractivity contribution is 6.03.